The van der Waals surface area contributed by atoms with Gasteiger partial charge in [0.15, 0.2) is 0 Å². The largest absolute Gasteiger partial charge is 0.489 e. The lowest BCUT2D eigenvalue weighted by Gasteiger charge is -2.27. The number of rotatable bonds is 7. The highest BCUT2D eigenvalue weighted by Gasteiger charge is 2.48. The molecule has 1 aliphatic rings. The molecule has 3 aromatic carbocycles. The van der Waals surface area contributed by atoms with E-state index in [-0.39, 0.29) is 17.7 Å². The van der Waals surface area contributed by atoms with E-state index in [1.165, 1.54) is 10.0 Å². The van der Waals surface area contributed by atoms with E-state index in [4.69, 9.17) is 4.74 Å². The number of anilines is 2. The molecule has 2 atom stereocenters. The van der Waals surface area contributed by atoms with Crippen molar-refractivity contribution in [1.29, 1.82) is 0 Å². The number of carbonyl (C=O) groups excluding carboxylic acids is 2. The minimum Gasteiger partial charge on any atom is -0.489 e. The molecule has 5 heteroatoms. The van der Waals surface area contributed by atoms with Gasteiger partial charge in [-0.25, -0.2) is 10.0 Å². The quantitative estimate of drug-likeness (QED) is 0.498. The van der Waals surface area contributed by atoms with Gasteiger partial charge in [-0.1, -0.05) is 68.8 Å². The lowest BCUT2D eigenvalue weighted by molar-refractivity contribution is -0.128. The molecule has 5 nitrogen and oxygen atoms in total. The van der Waals surface area contributed by atoms with Gasteiger partial charge in [0.05, 0.1) is 11.4 Å². The van der Waals surface area contributed by atoms with Crippen molar-refractivity contribution in [1.82, 2.24) is 0 Å². The standard InChI is InChI=1S/C26H26N2O3/c1-3-19(2)24-25(29)27(21-12-8-5-9-13-21)28(26(24)30)22-14-16-23(17-15-22)31-18-20-10-6-4-7-11-20/h4-17,19,24H,3,18H2,1-2H3. The molecule has 1 aliphatic heterocycles. The fourth-order valence-electron chi connectivity index (χ4n) is 3.77. The minimum atomic E-state index is -0.681. The second-order valence-electron chi connectivity index (χ2n) is 7.77. The Hall–Kier alpha value is -3.60. The molecule has 158 valence electrons. The summed E-state index contributed by atoms with van der Waals surface area (Å²) in [6.45, 7) is 4.42. The van der Waals surface area contributed by atoms with Crippen molar-refractivity contribution >= 4 is 23.2 Å². The van der Waals surface area contributed by atoms with Gasteiger partial charge in [-0.3, -0.25) is 9.59 Å². The summed E-state index contributed by atoms with van der Waals surface area (Å²) >= 11 is 0. The Morgan fingerprint density at radius 2 is 1.29 bits per heavy atom. The summed E-state index contributed by atoms with van der Waals surface area (Å²) in [5.74, 6) is -0.393. The molecule has 4 rings (SSSR count). The first-order valence-corrected chi connectivity index (χ1v) is 10.6. The zero-order valence-corrected chi connectivity index (χ0v) is 17.8. The third kappa shape index (κ3) is 4.17. The molecule has 1 fully saturated rings. The van der Waals surface area contributed by atoms with Crippen molar-refractivity contribution in [3.05, 3.63) is 90.5 Å². The maximum atomic E-state index is 13.3. The highest BCUT2D eigenvalue weighted by atomic mass is 16.5. The van der Waals surface area contributed by atoms with Gasteiger partial charge in [-0.2, -0.15) is 0 Å². The van der Waals surface area contributed by atoms with Crippen molar-refractivity contribution in [2.75, 3.05) is 10.0 Å². The maximum absolute atomic E-state index is 13.3. The van der Waals surface area contributed by atoms with Crippen LogP contribution in [0.2, 0.25) is 0 Å². The summed E-state index contributed by atoms with van der Waals surface area (Å²) < 4.78 is 5.86. The first-order chi connectivity index (χ1) is 15.1. The van der Waals surface area contributed by atoms with Crippen LogP contribution < -0.4 is 14.8 Å². The van der Waals surface area contributed by atoms with Crippen LogP contribution in [0.25, 0.3) is 0 Å². The monoisotopic (exact) mass is 414 g/mol. The van der Waals surface area contributed by atoms with Crippen LogP contribution in [-0.2, 0) is 16.2 Å². The minimum absolute atomic E-state index is 0.0373. The Balaban J connectivity index is 1.60. The van der Waals surface area contributed by atoms with Crippen molar-refractivity contribution < 1.29 is 14.3 Å². The van der Waals surface area contributed by atoms with Gasteiger partial charge in [0.25, 0.3) is 11.8 Å². The smallest absolute Gasteiger partial charge is 0.259 e. The summed E-state index contributed by atoms with van der Waals surface area (Å²) in [6.07, 6.45) is 0.755. The number of amides is 2. The van der Waals surface area contributed by atoms with Crippen LogP contribution in [0.1, 0.15) is 25.8 Å². The predicted octanol–water partition coefficient (Wildman–Crippen LogP) is 5.22. The van der Waals surface area contributed by atoms with E-state index >= 15 is 0 Å². The SMILES string of the molecule is CCC(C)C1C(=O)N(c2ccccc2)N(c2ccc(OCc3ccccc3)cc2)C1=O. The Bertz CT molecular complexity index is 1040. The molecule has 3 aromatic rings. The van der Waals surface area contributed by atoms with Gasteiger partial charge in [0.2, 0.25) is 0 Å². The van der Waals surface area contributed by atoms with Crippen LogP contribution >= 0.6 is 0 Å². The van der Waals surface area contributed by atoms with Gasteiger partial charge in [-0.05, 0) is 47.9 Å². The number of hydrogen-bond acceptors (Lipinski definition) is 3. The summed E-state index contributed by atoms with van der Waals surface area (Å²) in [6, 6.07) is 26.5. The number of hydrogen-bond donors (Lipinski definition) is 0. The zero-order valence-electron chi connectivity index (χ0n) is 17.8. The molecule has 1 heterocycles. The lowest BCUT2D eigenvalue weighted by atomic mass is 9.91. The van der Waals surface area contributed by atoms with Gasteiger partial charge in [0.1, 0.15) is 18.3 Å². The molecule has 1 saturated heterocycles. The molecule has 0 spiro atoms. The maximum Gasteiger partial charge on any atom is 0.259 e. The molecular formula is C26H26N2O3. The van der Waals surface area contributed by atoms with Crippen LogP contribution in [0.4, 0.5) is 11.4 Å². The molecule has 0 saturated carbocycles. The van der Waals surface area contributed by atoms with E-state index in [0.717, 1.165) is 12.0 Å². The molecule has 2 unspecified atom stereocenters. The molecule has 31 heavy (non-hydrogen) atoms. The Morgan fingerprint density at radius 1 is 0.774 bits per heavy atom. The number of nitrogens with zero attached hydrogens (tertiary/aromatic N) is 2. The number of hydrazine groups is 1. The van der Waals surface area contributed by atoms with Crippen molar-refractivity contribution in [3.8, 4) is 5.75 Å². The van der Waals surface area contributed by atoms with Crippen LogP contribution in [0, 0.1) is 11.8 Å². The summed E-state index contributed by atoms with van der Waals surface area (Å²) in [5, 5.41) is 2.99. The van der Waals surface area contributed by atoms with E-state index in [2.05, 4.69) is 0 Å². The number of para-hydroxylation sites is 1. The molecule has 0 bridgehead atoms. The molecule has 0 aliphatic carbocycles. The topological polar surface area (TPSA) is 49.9 Å². The average molecular weight is 415 g/mol. The third-order valence-corrected chi connectivity index (χ3v) is 5.69. The fourth-order valence-corrected chi connectivity index (χ4v) is 3.77. The predicted molar refractivity (Wildman–Crippen MR) is 122 cm³/mol. The van der Waals surface area contributed by atoms with Gasteiger partial charge >= 0.3 is 0 Å². The van der Waals surface area contributed by atoms with E-state index in [9.17, 15) is 9.59 Å². The summed E-state index contributed by atoms with van der Waals surface area (Å²) in [5.41, 5.74) is 2.40. The Morgan fingerprint density at radius 3 is 1.84 bits per heavy atom. The van der Waals surface area contributed by atoms with Gasteiger partial charge in [0, 0.05) is 0 Å². The van der Waals surface area contributed by atoms with Gasteiger partial charge < -0.3 is 4.74 Å². The van der Waals surface area contributed by atoms with Crippen molar-refractivity contribution in [3.63, 3.8) is 0 Å². The third-order valence-electron chi connectivity index (χ3n) is 5.69. The van der Waals surface area contributed by atoms with Crippen molar-refractivity contribution in [2.24, 2.45) is 11.8 Å². The van der Waals surface area contributed by atoms with E-state index in [0.29, 0.717) is 23.7 Å². The second kappa shape index (κ2) is 9.04. The van der Waals surface area contributed by atoms with Crippen LogP contribution in [0.15, 0.2) is 84.9 Å². The second-order valence-corrected chi connectivity index (χ2v) is 7.77. The first-order valence-electron chi connectivity index (χ1n) is 10.6. The highest BCUT2D eigenvalue weighted by molar-refractivity contribution is 6.23. The molecule has 2 amide bonds. The molecule has 0 N–H and O–H groups in total. The van der Waals surface area contributed by atoms with Crippen molar-refractivity contribution in [2.45, 2.75) is 26.9 Å². The van der Waals surface area contributed by atoms with Gasteiger partial charge in [-0.15, -0.1) is 0 Å². The first kappa shape index (κ1) is 20.7. The summed E-state index contributed by atoms with van der Waals surface area (Å²) in [4.78, 5) is 26.6. The van der Waals surface area contributed by atoms with E-state index in [1.807, 2.05) is 98.8 Å². The average Bonchev–Trinajstić information content (AvgIpc) is 3.08. The number of benzene rings is 3. The molecule has 0 aromatic heterocycles. The molecular weight excluding hydrogens is 388 g/mol. The van der Waals surface area contributed by atoms with E-state index < -0.39 is 5.92 Å². The number of ether oxygens (including phenoxy) is 1. The Labute approximate surface area is 182 Å². The fraction of sp³-hybridized carbons (Fsp3) is 0.231. The van der Waals surface area contributed by atoms with Crippen LogP contribution in [0.3, 0.4) is 0 Å². The van der Waals surface area contributed by atoms with Crippen LogP contribution in [-0.4, -0.2) is 11.8 Å². The number of carbonyl (C=O) groups is 2. The molecule has 0 radical (unpaired) electrons. The lowest BCUT2D eigenvalue weighted by Crippen LogP contribution is -2.41. The summed E-state index contributed by atoms with van der Waals surface area (Å²) in [7, 11) is 0. The Kier molecular flexibility index (Phi) is 6.03. The zero-order chi connectivity index (χ0) is 21.8. The van der Waals surface area contributed by atoms with E-state index in [1.54, 1.807) is 0 Å². The van der Waals surface area contributed by atoms with Crippen LogP contribution in [0.5, 0.6) is 5.75 Å². The normalized spacial score (nSPS) is 17.2. The highest BCUT2D eigenvalue weighted by Crippen LogP contribution is 2.36.